The number of likely N-dealkylation sites (tertiary alicyclic amines) is 1. The van der Waals surface area contributed by atoms with E-state index in [0.717, 1.165) is 36.3 Å². The van der Waals surface area contributed by atoms with E-state index in [1.54, 1.807) is 0 Å². The summed E-state index contributed by atoms with van der Waals surface area (Å²) in [7, 11) is 2.08. The van der Waals surface area contributed by atoms with Crippen LogP contribution in [0.2, 0.25) is 0 Å². The molecular weight excluding hydrogens is 294 g/mol. The highest BCUT2D eigenvalue weighted by atomic mass is 16.5. The molecule has 0 radical (unpaired) electrons. The first-order valence-corrected chi connectivity index (χ1v) is 8.56. The molecule has 2 heterocycles. The fraction of sp³-hybridized carbons (Fsp3) is 0.667. The quantitative estimate of drug-likeness (QED) is 0.696. The lowest BCUT2D eigenvalue weighted by molar-refractivity contribution is -0.204. The van der Waals surface area contributed by atoms with E-state index in [2.05, 4.69) is 18.0 Å². The van der Waals surface area contributed by atoms with Gasteiger partial charge in [0.25, 0.3) is 0 Å². The van der Waals surface area contributed by atoms with E-state index < -0.39 is 23.2 Å². The van der Waals surface area contributed by atoms with Gasteiger partial charge in [-0.2, -0.15) is 0 Å². The maximum Gasteiger partial charge on any atom is 0.137 e. The summed E-state index contributed by atoms with van der Waals surface area (Å²) in [5.74, 6) is 0.720. The van der Waals surface area contributed by atoms with Crippen molar-refractivity contribution in [2.45, 2.75) is 61.6 Å². The highest BCUT2D eigenvalue weighted by Gasteiger charge is 2.72. The van der Waals surface area contributed by atoms with Gasteiger partial charge in [0, 0.05) is 17.2 Å². The maximum absolute atomic E-state index is 11.8. The predicted octanol–water partition coefficient (Wildman–Crippen LogP) is 0.324. The number of benzene rings is 1. The molecule has 4 aliphatic rings. The molecule has 124 valence electrons. The molecular formula is C18H23NO4. The Morgan fingerprint density at radius 3 is 2.96 bits per heavy atom. The molecule has 5 heteroatoms. The summed E-state index contributed by atoms with van der Waals surface area (Å²) in [6, 6.07) is 4.06. The lowest BCUT2D eigenvalue weighted by atomic mass is 9.48. The van der Waals surface area contributed by atoms with E-state index in [1.807, 2.05) is 6.07 Å². The second kappa shape index (κ2) is 4.28. The molecule has 0 amide bonds. The summed E-state index contributed by atoms with van der Waals surface area (Å²) < 4.78 is 6.22. The van der Waals surface area contributed by atoms with Crippen molar-refractivity contribution < 1.29 is 20.1 Å². The van der Waals surface area contributed by atoms with Gasteiger partial charge in [-0.3, -0.25) is 0 Å². The van der Waals surface area contributed by atoms with E-state index in [4.69, 9.17) is 4.74 Å². The van der Waals surface area contributed by atoms with Crippen molar-refractivity contribution in [3.05, 3.63) is 28.8 Å². The van der Waals surface area contributed by atoms with Gasteiger partial charge in [0.15, 0.2) is 0 Å². The van der Waals surface area contributed by atoms with Gasteiger partial charge in [0.2, 0.25) is 0 Å². The summed E-state index contributed by atoms with van der Waals surface area (Å²) in [6.45, 7) is 0.811. The number of likely N-dealkylation sites (N-methyl/N-ethyl adjacent to an activating group) is 1. The van der Waals surface area contributed by atoms with Crippen molar-refractivity contribution in [3.63, 3.8) is 0 Å². The molecule has 5 rings (SSSR count). The lowest BCUT2D eigenvalue weighted by Gasteiger charge is -2.63. The van der Waals surface area contributed by atoms with Gasteiger partial charge >= 0.3 is 0 Å². The maximum atomic E-state index is 11.8. The summed E-state index contributed by atoms with van der Waals surface area (Å²) in [5.41, 5.74) is 1.64. The van der Waals surface area contributed by atoms with Crippen LogP contribution < -0.4 is 4.74 Å². The van der Waals surface area contributed by atoms with Crippen molar-refractivity contribution in [1.29, 1.82) is 0 Å². The first-order valence-electron chi connectivity index (χ1n) is 8.56. The molecule has 2 fully saturated rings. The highest BCUT2D eigenvalue weighted by molar-refractivity contribution is 5.60. The van der Waals surface area contributed by atoms with Crippen molar-refractivity contribution >= 4 is 0 Å². The topological polar surface area (TPSA) is 73.2 Å². The zero-order valence-corrected chi connectivity index (χ0v) is 13.3. The summed E-state index contributed by atoms with van der Waals surface area (Å²) in [5, 5.41) is 32.1. The van der Waals surface area contributed by atoms with Crippen molar-refractivity contribution in [1.82, 2.24) is 4.90 Å². The first-order chi connectivity index (χ1) is 11.0. The molecule has 3 unspecified atom stereocenters. The van der Waals surface area contributed by atoms with Crippen LogP contribution in [0.4, 0.5) is 0 Å². The zero-order valence-electron chi connectivity index (χ0n) is 13.3. The fourth-order valence-corrected chi connectivity index (χ4v) is 5.92. The first kappa shape index (κ1) is 14.2. The van der Waals surface area contributed by atoms with Crippen LogP contribution in [0.1, 0.15) is 36.0 Å². The fourth-order valence-electron chi connectivity index (χ4n) is 5.92. The van der Waals surface area contributed by atoms with Crippen molar-refractivity contribution in [2.24, 2.45) is 0 Å². The van der Waals surface area contributed by atoms with Crippen LogP contribution in [0.15, 0.2) is 12.1 Å². The number of aliphatic hydroxyl groups is 3. The molecule has 5 atom stereocenters. The number of hydrogen-bond donors (Lipinski definition) is 3. The minimum atomic E-state index is -0.865. The molecule has 1 aromatic rings. The zero-order chi connectivity index (χ0) is 16.0. The number of piperidine rings is 1. The molecule has 2 bridgehead atoms. The molecule has 1 spiro atoms. The Labute approximate surface area is 135 Å². The summed E-state index contributed by atoms with van der Waals surface area (Å²) >= 11 is 0. The van der Waals surface area contributed by atoms with Gasteiger partial charge < -0.3 is 25.0 Å². The van der Waals surface area contributed by atoms with E-state index in [9.17, 15) is 15.3 Å². The van der Waals surface area contributed by atoms with E-state index in [0.29, 0.717) is 12.8 Å². The summed E-state index contributed by atoms with van der Waals surface area (Å²) in [4.78, 5) is 2.26. The van der Waals surface area contributed by atoms with Gasteiger partial charge in [-0.1, -0.05) is 12.1 Å². The monoisotopic (exact) mass is 317 g/mol. The molecule has 0 aromatic heterocycles. The van der Waals surface area contributed by atoms with Gasteiger partial charge in [-0.05, 0) is 44.8 Å². The SMILES string of the molecule is CN1CC[C@]23c4c5ccc(CO)c4OC2C(O)CC[C@@]3(O)C1C5. The molecule has 5 nitrogen and oxygen atoms in total. The van der Waals surface area contributed by atoms with E-state index in [-0.39, 0.29) is 12.6 Å². The van der Waals surface area contributed by atoms with Crippen LogP contribution in [0.25, 0.3) is 0 Å². The Morgan fingerprint density at radius 1 is 1.35 bits per heavy atom. The molecule has 23 heavy (non-hydrogen) atoms. The van der Waals surface area contributed by atoms with Crippen LogP contribution in [0.5, 0.6) is 5.75 Å². The molecule has 1 aromatic carbocycles. The van der Waals surface area contributed by atoms with Crippen LogP contribution in [0.3, 0.4) is 0 Å². The third kappa shape index (κ3) is 1.40. The van der Waals surface area contributed by atoms with Crippen molar-refractivity contribution in [2.75, 3.05) is 13.6 Å². The number of rotatable bonds is 1. The third-order valence-electron chi connectivity index (χ3n) is 6.97. The lowest BCUT2D eigenvalue weighted by Crippen LogP contribution is -2.76. The molecule has 1 saturated heterocycles. The Kier molecular flexibility index (Phi) is 2.65. The standard InChI is InChI=1S/C18H23NO4/c1-19-7-6-17-14-10-2-3-11(9-20)15(14)23-16(17)12(21)4-5-18(17,22)13(19)8-10/h2-3,12-13,16,20-22H,4-9H2,1H3/t12?,13?,16?,17-,18+/m0/s1. The minimum absolute atomic E-state index is 0.0632. The number of ether oxygens (including phenoxy) is 1. The van der Waals surface area contributed by atoms with Crippen LogP contribution in [0, 0.1) is 0 Å². The number of aliphatic hydroxyl groups excluding tert-OH is 2. The Morgan fingerprint density at radius 2 is 2.17 bits per heavy atom. The normalized spacial score (nSPS) is 43.9. The average molecular weight is 317 g/mol. The number of hydrogen-bond acceptors (Lipinski definition) is 5. The highest BCUT2D eigenvalue weighted by Crippen LogP contribution is 2.64. The Bertz CT molecular complexity index is 692. The second-order valence-electron chi connectivity index (χ2n) is 7.74. The largest absolute Gasteiger partial charge is 0.486 e. The third-order valence-corrected chi connectivity index (χ3v) is 6.97. The Hall–Kier alpha value is -1.14. The van der Waals surface area contributed by atoms with E-state index in [1.165, 1.54) is 5.56 Å². The second-order valence-corrected chi connectivity index (χ2v) is 7.74. The minimum Gasteiger partial charge on any atom is -0.486 e. The van der Waals surface area contributed by atoms with Crippen LogP contribution in [-0.4, -0.2) is 57.7 Å². The van der Waals surface area contributed by atoms with Crippen LogP contribution >= 0.6 is 0 Å². The summed E-state index contributed by atoms with van der Waals surface area (Å²) in [6.07, 6.45) is 1.78. The average Bonchev–Trinajstić information content (AvgIpc) is 2.90. The molecule has 2 aliphatic carbocycles. The van der Waals surface area contributed by atoms with Gasteiger partial charge in [0.1, 0.15) is 11.9 Å². The van der Waals surface area contributed by atoms with Gasteiger partial charge in [-0.15, -0.1) is 0 Å². The molecule has 2 aliphatic heterocycles. The van der Waals surface area contributed by atoms with Crippen molar-refractivity contribution in [3.8, 4) is 5.75 Å². The Balaban J connectivity index is 1.84. The molecule has 3 N–H and O–H groups in total. The number of nitrogens with zero attached hydrogens (tertiary/aromatic N) is 1. The predicted molar refractivity (Wildman–Crippen MR) is 83.4 cm³/mol. The molecule has 1 saturated carbocycles. The smallest absolute Gasteiger partial charge is 0.137 e. The van der Waals surface area contributed by atoms with Gasteiger partial charge in [-0.25, -0.2) is 0 Å². The van der Waals surface area contributed by atoms with Crippen LogP contribution in [-0.2, 0) is 18.4 Å². The van der Waals surface area contributed by atoms with E-state index >= 15 is 0 Å². The van der Waals surface area contributed by atoms with Gasteiger partial charge in [0.05, 0.1) is 23.7 Å².